The molecule has 5 nitrogen and oxygen atoms in total. The first-order valence-electron chi connectivity index (χ1n) is 6.50. The van der Waals surface area contributed by atoms with Crippen LogP contribution in [0.5, 0.6) is 0 Å². The lowest BCUT2D eigenvalue weighted by Crippen LogP contribution is -2.06. The van der Waals surface area contributed by atoms with Crippen LogP contribution in [0, 0.1) is 0 Å². The number of aliphatic hydroxyl groups excluding tert-OH is 1. The minimum Gasteiger partial charge on any atom is -0.390 e. The van der Waals surface area contributed by atoms with Crippen LogP contribution in [0.4, 0.5) is 0 Å². The third-order valence-electron chi connectivity index (χ3n) is 3.56. The molecule has 2 heterocycles. The minimum atomic E-state index is -0.0104. The molecule has 96 valence electrons. The zero-order valence-corrected chi connectivity index (χ0v) is 10.4. The maximum absolute atomic E-state index is 8.97. The van der Waals surface area contributed by atoms with Crippen LogP contribution in [-0.4, -0.2) is 24.4 Å². The standard InChI is InChI=1S/C13H18N4O/c18-9-12-8-16(10-14-12)7-11-5-6-17(15-11)13-3-1-2-4-13/h5-6,8,10,13,18H,1-4,7,9H2. The average molecular weight is 246 g/mol. The summed E-state index contributed by atoms with van der Waals surface area (Å²) in [6.07, 6.45) is 10.8. The van der Waals surface area contributed by atoms with Crippen LogP contribution in [0.15, 0.2) is 24.8 Å². The third kappa shape index (κ3) is 2.31. The Labute approximate surface area is 106 Å². The van der Waals surface area contributed by atoms with E-state index in [-0.39, 0.29) is 6.61 Å². The van der Waals surface area contributed by atoms with E-state index >= 15 is 0 Å². The first-order chi connectivity index (χ1) is 8.85. The molecule has 0 radical (unpaired) electrons. The molecule has 3 rings (SSSR count). The first kappa shape index (κ1) is 11.5. The number of hydrogen-bond donors (Lipinski definition) is 1. The topological polar surface area (TPSA) is 55.9 Å². The summed E-state index contributed by atoms with van der Waals surface area (Å²) in [7, 11) is 0. The Balaban J connectivity index is 1.69. The van der Waals surface area contributed by atoms with Gasteiger partial charge in [0.05, 0.1) is 36.9 Å². The average Bonchev–Trinajstić information content (AvgIpc) is 3.10. The van der Waals surface area contributed by atoms with Crippen molar-refractivity contribution in [2.45, 2.75) is 44.9 Å². The van der Waals surface area contributed by atoms with Crippen LogP contribution >= 0.6 is 0 Å². The Hall–Kier alpha value is -1.62. The lowest BCUT2D eigenvalue weighted by Gasteiger charge is -2.08. The van der Waals surface area contributed by atoms with Gasteiger partial charge < -0.3 is 9.67 Å². The van der Waals surface area contributed by atoms with E-state index in [0.29, 0.717) is 18.3 Å². The number of aliphatic hydroxyl groups is 1. The lowest BCUT2D eigenvalue weighted by molar-refractivity contribution is 0.277. The molecule has 0 bridgehead atoms. The summed E-state index contributed by atoms with van der Waals surface area (Å²) in [5, 5.41) is 13.6. The molecule has 0 amide bonds. The fourth-order valence-electron chi connectivity index (χ4n) is 2.60. The van der Waals surface area contributed by atoms with Crippen molar-refractivity contribution >= 4 is 0 Å². The summed E-state index contributed by atoms with van der Waals surface area (Å²) in [6.45, 7) is 0.705. The second kappa shape index (κ2) is 4.94. The van der Waals surface area contributed by atoms with Gasteiger partial charge in [0.1, 0.15) is 0 Å². The van der Waals surface area contributed by atoms with E-state index in [1.807, 2.05) is 10.8 Å². The first-order valence-corrected chi connectivity index (χ1v) is 6.50. The van der Waals surface area contributed by atoms with E-state index in [9.17, 15) is 0 Å². The zero-order chi connectivity index (χ0) is 12.4. The summed E-state index contributed by atoms with van der Waals surface area (Å²) < 4.78 is 4.05. The van der Waals surface area contributed by atoms with Crippen molar-refractivity contribution in [2.24, 2.45) is 0 Å². The molecule has 0 spiro atoms. The highest BCUT2D eigenvalue weighted by atomic mass is 16.3. The number of hydrogen-bond acceptors (Lipinski definition) is 3. The Kier molecular flexibility index (Phi) is 3.15. The second-order valence-electron chi connectivity index (χ2n) is 4.92. The van der Waals surface area contributed by atoms with Gasteiger partial charge in [0.15, 0.2) is 0 Å². The molecule has 18 heavy (non-hydrogen) atoms. The molecule has 1 N–H and O–H groups in total. The van der Waals surface area contributed by atoms with Crippen molar-refractivity contribution in [3.63, 3.8) is 0 Å². The highest BCUT2D eigenvalue weighted by Gasteiger charge is 2.17. The quantitative estimate of drug-likeness (QED) is 0.894. The molecule has 0 aromatic carbocycles. The molecule has 1 aliphatic rings. The van der Waals surface area contributed by atoms with Crippen LogP contribution in [0.1, 0.15) is 43.1 Å². The Morgan fingerprint density at radius 1 is 1.28 bits per heavy atom. The number of nitrogens with zero attached hydrogens (tertiary/aromatic N) is 4. The van der Waals surface area contributed by atoms with Gasteiger partial charge in [-0.2, -0.15) is 5.10 Å². The third-order valence-corrected chi connectivity index (χ3v) is 3.56. The normalized spacial score (nSPS) is 16.5. The highest BCUT2D eigenvalue weighted by molar-refractivity contribution is 5.03. The summed E-state index contributed by atoms with van der Waals surface area (Å²) in [5.74, 6) is 0. The molecular weight excluding hydrogens is 228 g/mol. The smallest absolute Gasteiger partial charge is 0.0954 e. The van der Waals surface area contributed by atoms with E-state index in [4.69, 9.17) is 5.11 Å². The summed E-state index contributed by atoms with van der Waals surface area (Å²) in [5.41, 5.74) is 1.74. The Morgan fingerprint density at radius 3 is 2.83 bits per heavy atom. The lowest BCUT2D eigenvalue weighted by atomic mass is 10.3. The number of aromatic nitrogens is 4. The van der Waals surface area contributed by atoms with E-state index in [1.54, 1.807) is 6.33 Å². The number of rotatable bonds is 4. The van der Waals surface area contributed by atoms with Gasteiger partial charge in [0.2, 0.25) is 0 Å². The van der Waals surface area contributed by atoms with Gasteiger partial charge in [0.25, 0.3) is 0 Å². The van der Waals surface area contributed by atoms with Crippen LogP contribution in [0.25, 0.3) is 0 Å². The van der Waals surface area contributed by atoms with Crippen molar-refractivity contribution in [3.8, 4) is 0 Å². The molecule has 2 aromatic heterocycles. The van der Waals surface area contributed by atoms with E-state index in [1.165, 1.54) is 25.7 Å². The van der Waals surface area contributed by atoms with E-state index in [0.717, 1.165) is 5.69 Å². The molecule has 1 aliphatic carbocycles. The van der Waals surface area contributed by atoms with E-state index < -0.39 is 0 Å². The SMILES string of the molecule is OCc1cn(Cc2ccn(C3CCCC3)n2)cn1. The number of imidazole rings is 1. The molecular formula is C13H18N4O. The zero-order valence-electron chi connectivity index (χ0n) is 10.4. The highest BCUT2D eigenvalue weighted by Crippen LogP contribution is 2.28. The van der Waals surface area contributed by atoms with Gasteiger partial charge in [-0.05, 0) is 18.9 Å². The monoisotopic (exact) mass is 246 g/mol. The minimum absolute atomic E-state index is 0.0104. The maximum Gasteiger partial charge on any atom is 0.0954 e. The summed E-state index contributed by atoms with van der Waals surface area (Å²) >= 11 is 0. The molecule has 2 aromatic rings. The predicted octanol–water partition coefficient (Wildman–Crippen LogP) is 1.74. The van der Waals surface area contributed by atoms with Crippen molar-refractivity contribution in [2.75, 3.05) is 0 Å². The maximum atomic E-state index is 8.97. The molecule has 0 aliphatic heterocycles. The fraction of sp³-hybridized carbons (Fsp3) is 0.538. The van der Waals surface area contributed by atoms with Crippen molar-refractivity contribution < 1.29 is 5.11 Å². The van der Waals surface area contributed by atoms with Gasteiger partial charge in [-0.15, -0.1) is 0 Å². The molecule has 1 fully saturated rings. The van der Waals surface area contributed by atoms with Gasteiger partial charge in [0, 0.05) is 12.4 Å². The van der Waals surface area contributed by atoms with Crippen LogP contribution < -0.4 is 0 Å². The molecule has 0 unspecified atom stereocenters. The van der Waals surface area contributed by atoms with Gasteiger partial charge in [-0.3, -0.25) is 4.68 Å². The molecule has 5 heteroatoms. The van der Waals surface area contributed by atoms with Gasteiger partial charge >= 0.3 is 0 Å². The van der Waals surface area contributed by atoms with Crippen molar-refractivity contribution in [1.82, 2.24) is 19.3 Å². The Bertz CT molecular complexity index is 511. The van der Waals surface area contributed by atoms with Crippen molar-refractivity contribution in [1.29, 1.82) is 0 Å². The van der Waals surface area contributed by atoms with Crippen LogP contribution in [0.2, 0.25) is 0 Å². The van der Waals surface area contributed by atoms with Crippen LogP contribution in [-0.2, 0) is 13.2 Å². The van der Waals surface area contributed by atoms with E-state index in [2.05, 4.69) is 27.0 Å². The predicted molar refractivity (Wildman–Crippen MR) is 67.0 cm³/mol. The molecule has 0 saturated heterocycles. The molecule has 0 atom stereocenters. The van der Waals surface area contributed by atoms with Crippen molar-refractivity contribution in [3.05, 3.63) is 36.2 Å². The summed E-state index contributed by atoms with van der Waals surface area (Å²) in [6, 6.07) is 2.66. The molecule has 1 saturated carbocycles. The van der Waals surface area contributed by atoms with Gasteiger partial charge in [-0.1, -0.05) is 12.8 Å². The summed E-state index contributed by atoms with van der Waals surface area (Å²) in [4.78, 5) is 4.09. The fourth-order valence-corrected chi connectivity index (χ4v) is 2.60. The van der Waals surface area contributed by atoms with Crippen LogP contribution in [0.3, 0.4) is 0 Å². The largest absolute Gasteiger partial charge is 0.390 e. The van der Waals surface area contributed by atoms with Gasteiger partial charge in [-0.25, -0.2) is 4.98 Å². The Morgan fingerprint density at radius 2 is 2.11 bits per heavy atom. The second-order valence-corrected chi connectivity index (χ2v) is 4.92.